The van der Waals surface area contributed by atoms with Crippen LogP contribution >= 0.6 is 0 Å². The lowest BCUT2D eigenvalue weighted by Gasteiger charge is -2.13. The Hall–Kier alpha value is -0.940. The molecule has 0 aromatic carbocycles. The number of rotatable bonds is 6. The Labute approximate surface area is 90.4 Å². The number of nitrogens with two attached hydrogens (primary N) is 1. The van der Waals surface area contributed by atoms with Crippen molar-refractivity contribution in [2.24, 2.45) is 11.7 Å². The van der Waals surface area contributed by atoms with Gasteiger partial charge in [-0.3, -0.25) is 0 Å². The van der Waals surface area contributed by atoms with Gasteiger partial charge in [-0.05, 0) is 19.3 Å². The van der Waals surface area contributed by atoms with Gasteiger partial charge in [0.05, 0.1) is 6.54 Å². The quantitative estimate of drug-likeness (QED) is 0.730. The van der Waals surface area contributed by atoms with E-state index in [-0.39, 0.29) is 6.04 Å². The topological polar surface area (TPSA) is 77.0 Å². The first kappa shape index (κ1) is 12.1. The van der Waals surface area contributed by atoms with E-state index in [9.17, 15) is 0 Å². The van der Waals surface area contributed by atoms with Crippen LogP contribution in [-0.4, -0.2) is 22.7 Å². The minimum atomic E-state index is 0.189. The maximum Gasteiger partial charge on any atom is 0.240 e. The number of hydrogen-bond donors (Lipinski definition) is 2. The third-order valence-corrected chi connectivity index (χ3v) is 2.03. The zero-order valence-corrected chi connectivity index (χ0v) is 9.66. The van der Waals surface area contributed by atoms with Crippen LogP contribution < -0.4 is 11.1 Å². The van der Waals surface area contributed by atoms with Crippen LogP contribution in [0.4, 0.5) is 0 Å². The Bertz CT molecular complexity index is 285. The van der Waals surface area contributed by atoms with E-state index in [4.69, 9.17) is 10.3 Å². The van der Waals surface area contributed by atoms with Gasteiger partial charge in [-0.25, -0.2) is 0 Å². The van der Waals surface area contributed by atoms with Crippen molar-refractivity contribution < 1.29 is 4.52 Å². The Kier molecular flexibility index (Phi) is 4.71. The minimum absolute atomic E-state index is 0.189. The average Bonchev–Trinajstić information content (AvgIpc) is 2.50. The molecule has 1 rings (SSSR count). The Morgan fingerprint density at radius 1 is 1.47 bits per heavy atom. The predicted molar refractivity (Wildman–Crippen MR) is 58.2 cm³/mol. The minimum Gasteiger partial charge on any atom is -0.338 e. The number of nitrogens with one attached hydrogen (secondary N) is 1. The first-order chi connectivity index (χ1) is 7.08. The molecular weight excluding hydrogens is 192 g/mol. The Morgan fingerprint density at radius 3 is 2.73 bits per heavy atom. The van der Waals surface area contributed by atoms with E-state index in [1.54, 1.807) is 6.92 Å². The number of hydrogen-bond acceptors (Lipinski definition) is 5. The van der Waals surface area contributed by atoms with Gasteiger partial charge >= 0.3 is 0 Å². The molecule has 0 radical (unpaired) electrons. The van der Waals surface area contributed by atoms with E-state index in [0.717, 1.165) is 13.0 Å². The molecule has 0 amide bonds. The molecule has 1 unspecified atom stereocenters. The molecular formula is C10H20N4O. The fraction of sp³-hybridized carbons (Fsp3) is 0.800. The molecule has 0 aliphatic carbocycles. The SMILES string of the molecule is Cc1noc(CNCC(N)CC(C)C)n1. The van der Waals surface area contributed by atoms with Gasteiger partial charge in [-0.1, -0.05) is 19.0 Å². The van der Waals surface area contributed by atoms with Gasteiger partial charge in [-0.15, -0.1) is 0 Å². The third-order valence-electron chi connectivity index (χ3n) is 2.03. The van der Waals surface area contributed by atoms with E-state index in [1.165, 1.54) is 0 Å². The summed E-state index contributed by atoms with van der Waals surface area (Å²) in [4.78, 5) is 4.09. The molecule has 0 saturated carbocycles. The van der Waals surface area contributed by atoms with Gasteiger partial charge < -0.3 is 15.6 Å². The van der Waals surface area contributed by atoms with Crippen molar-refractivity contribution in [3.8, 4) is 0 Å². The van der Waals surface area contributed by atoms with Crippen molar-refractivity contribution in [1.82, 2.24) is 15.5 Å². The zero-order valence-electron chi connectivity index (χ0n) is 9.66. The highest BCUT2D eigenvalue weighted by Gasteiger charge is 2.06. The maximum absolute atomic E-state index is 5.91. The molecule has 5 nitrogen and oxygen atoms in total. The van der Waals surface area contributed by atoms with Gasteiger partial charge in [0, 0.05) is 12.6 Å². The van der Waals surface area contributed by atoms with Crippen molar-refractivity contribution in [3.63, 3.8) is 0 Å². The standard InChI is InChI=1S/C10H20N4O/c1-7(2)4-9(11)5-12-6-10-13-8(3)14-15-10/h7,9,12H,4-6,11H2,1-3H3. The molecule has 86 valence electrons. The van der Waals surface area contributed by atoms with E-state index in [1.807, 2.05) is 0 Å². The zero-order chi connectivity index (χ0) is 11.3. The molecule has 0 spiro atoms. The molecule has 1 heterocycles. The molecule has 0 aliphatic rings. The predicted octanol–water partition coefficient (Wildman–Crippen LogP) is 0.841. The lowest BCUT2D eigenvalue weighted by Crippen LogP contribution is -2.34. The molecule has 15 heavy (non-hydrogen) atoms. The van der Waals surface area contributed by atoms with Crippen LogP contribution in [0.3, 0.4) is 0 Å². The van der Waals surface area contributed by atoms with Gasteiger partial charge in [0.15, 0.2) is 5.82 Å². The van der Waals surface area contributed by atoms with Crippen molar-refractivity contribution in [2.75, 3.05) is 6.54 Å². The van der Waals surface area contributed by atoms with Crippen LogP contribution in [-0.2, 0) is 6.54 Å². The summed E-state index contributed by atoms with van der Waals surface area (Å²) >= 11 is 0. The van der Waals surface area contributed by atoms with Crippen molar-refractivity contribution in [2.45, 2.75) is 39.8 Å². The summed E-state index contributed by atoms with van der Waals surface area (Å²) in [7, 11) is 0. The lowest BCUT2D eigenvalue weighted by atomic mass is 10.0. The molecule has 1 aromatic rings. The monoisotopic (exact) mass is 212 g/mol. The molecule has 3 N–H and O–H groups in total. The molecule has 0 fully saturated rings. The summed E-state index contributed by atoms with van der Waals surface area (Å²) < 4.78 is 4.96. The Morgan fingerprint density at radius 2 is 2.20 bits per heavy atom. The highest BCUT2D eigenvalue weighted by molar-refractivity contribution is 4.82. The normalized spacial score (nSPS) is 13.4. The van der Waals surface area contributed by atoms with E-state index < -0.39 is 0 Å². The highest BCUT2D eigenvalue weighted by Crippen LogP contribution is 2.02. The summed E-state index contributed by atoms with van der Waals surface area (Å²) in [6, 6.07) is 0.189. The summed E-state index contributed by atoms with van der Waals surface area (Å²) in [6.45, 7) is 7.51. The van der Waals surface area contributed by atoms with Crippen LogP contribution in [0.15, 0.2) is 4.52 Å². The molecule has 0 saturated heterocycles. The van der Waals surface area contributed by atoms with Crippen LogP contribution in [0.5, 0.6) is 0 Å². The van der Waals surface area contributed by atoms with Gasteiger partial charge in [-0.2, -0.15) is 4.98 Å². The van der Waals surface area contributed by atoms with Crippen LogP contribution in [0.25, 0.3) is 0 Å². The van der Waals surface area contributed by atoms with Gasteiger partial charge in [0.25, 0.3) is 0 Å². The molecule has 0 aliphatic heterocycles. The second-order valence-electron chi connectivity index (χ2n) is 4.26. The first-order valence-corrected chi connectivity index (χ1v) is 5.33. The van der Waals surface area contributed by atoms with Gasteiger partial charge in [0.1, 0.15) is 0 Å². The molecule has 1 aromatic heterocycles. The van der Waals surface area contributed by atoms with Crippen molar-refractivity contribution in [1.29, 1.82) is 0 Å². The summed E-state index contributed by atoms with van der Waals surface area (Å²) in [5.41, 5.74) is 5.91. The first-order valence-electron chi connectivity index (χ1n) is 5.33. The average molecular weight is 212 g/mol. The summed E-state index contributed by atoms with van der Waals surface area (Å²) in [5.74, 6) is 1.91. The van der Waals surface area contributed by atoms with Gasteiger partial charge in [0.2, 0.25) is 5.89 Å². The third kappa shape index (κ3) is 4.90. The van der Waals surface area contributed by atoms with E-state index in [0.29, 0.717) is 24.2 Å². The molecule has 1 atom stereocenters. The van der Waals surface area contributed by atoms with Crippen molar-refractivity contribution in [3.05, 3.63) is 11.7 Å². The summed E-state index contributed by atoms with van der Waals surface area (Å²) in [6.07, 6.45) is 1.02. The van der Waals surface area contributed by atoms with Crippen LogP contribution in [0, 0.1) is 12.8 Å². The highest BCUT2D eigenvalue weighted by atomic mass is 16.5. The smallest absolute Gasteiger partial charge is 0.240 e. The second kappa shape index (κ2) is 5.82. The van der Waals surface area contributed by atoms with Crippen LogP contribution in [0.1, 0.15) is 32.0 Å². The largest absolute Gasteiger partial charge is 0.338 e. The number of aryl methyl sites for hydroxylation is 1. The summed E-state index contributed by atoms with van der Waals surface area (Å²) in [5, 5.41) is 6.90. The molecule has 5 heteroatoms. The fourth-order valence-corrected chi connectivity index (χ4v) is 1.47. The van der Waals surface area contributed by atoms with E-state index >= 15 is 0 Å². The van der Waals surface area contributed by atoms with E-state index in [2.05, 4.69) is 29.3 Å². The Balaban J connectivity index is 2.16. The lowest BCUT2D eigenvalue weighted by molar-refractivity contribution is 0.359. The number of nitrogens with zero attached hydrogens (tertiary/aromatic N) is 2. The second-order valence-corrected chi connectivity index (χ2v) is 4.26. The maximum atomic E-state index is 5.91. The van der Waals surface area contributed by atoms with Crippen molar-refractivity contribution >= 4 is 0 Å². The molecule has 0 bridgehead atoms. The van der Waals surface area contributed by atoms with Crippen LogP contribution in [0.2, 0.25) is 0 Å². The fourth-order valence-electron chi connectivity index (χ4n) is 1.47. The number of aromatic nitrogens is 2.